The van der Waals surface area contributed by atoms with E-state index in [4.69, 9.17) is 43.4 Å². The summed E-state index contributed by atoms with van der Waals surface area (Å²) in [7, 11) is 2.95. The van der Waals surface area contributed by atoms with Gasteiger partial charge in [0.2, 0.25) is 18.3 Å². The van der Waals surface area contributed by atoms with E-state index in [2.05, 4.69) is 10.3 Å². The van der Waals surface area contributed by atoms with Crippen LogP contribution in [0.4, 0.5) is 17.5 Å². The number of benzene rings is 1. The molecule has 1 aromatic carbocycles. The predicted molar refractivity (Wildman–Crippen MR) is 162 cm³/mol. The average Bonchev–Trinajstić information content (AvgIpc) is 2.97. The monoisotopic (exact) mass is 619 g/mol. The molecule has 0 saturated heterocycles. The number of aliphatic hydroxyl groups excluding tert-OH is 1. The third kappa shape index (κ3) is 5.68. The quantitative estimate of drug-likeness (QED) is 0.285. The molecule has 0 amide bonds. The van der Waals surface area contributed by atoms with Crippen molar-refractivity contribution in [2.75, 3.05) is 35.9 Å². The van der Waals surface area contributed by atoms with E-state index in [-0.39, 0.29) is 40.1 Å². The van der Waals surface area contributed by atoms with Gasteiger partial charge in [0, 0.05) is 41.4 Å². The lowest BCUT2D eigenvalue weighted by molar-refractivity contribution is -0.516. The number of rotatable bonds is 8. The molecule has 1 aromatic heterocycles. The lowest BCUT2D eigenvalue weighted by Gasteiger charge is -2.44. The van der Waals surface area contributed by atoms with Crippen molar-refractivity contribution in [2.24, 2.45) is 11.7 Å². The summed E-state index contributed by atoms with van der Waals surface area (Å²) in [5.74, 6) is 1.11. The number of aliphatic hydroxyl groups is 1. The maximum atomic E-state index is 11.9. The molecular weight excluding hydrogens is 585 g/mol. The standard InChI is InChI=1S/C28H35Cl2N7O5/c1-15-16(7-6-10-20(15)37(39)40)13-36-26-17(12-32-27(34-26)33-19-9-5-4-8-18(19)31)14-35(28(36)38)25-23(29)21(41-2)11-22(42-3)24(25)30/h6-7,10-12,15,18-20,28,38H,4-5,8-9,13-14,31H2,1-3H3,(H,32,33,34). The van der Waals surface area contributed by atoms with Crippen molar-refractivity contribution in [3.63, 3.8) is 0 Å². The molecule has 2 aromatic rings. The number of nitrogens with two attached hydrogens (primary N) is 1. The van der Waals surface area contributed by atoms with E-state index < -0.39 is 18.3 Å². The van der Waals surface area contributed by atoms with Crippen molar-refractivity contribution in [3.8, 4) is 11.5 Å². The normalized spacial score (nSPS) is 25.5. The second-order valence-corrected chi connectivity index (χ2v) is 11.5. The molecule has 3 aliphatic rings. The highest BCUT2D eigenvalue weighted by molar-refractivity contribution is 6.41. The molecule has 1 aliphatic heterocycles. The number of allylic oxidation sites excluding steroid dienone is 2. The van der Waals surface area contributed by atoms with Gasteiger partial charge in [-0.05, 0) is 24.5 Å². The Morgan fingerprint density at radius 1 is 1.21 bits per heavy atom. The van der Waals surface area contributed by atoms with E-state index in [1.54, 1.807) is 41.1 Å². The van der Waals surface area contributed by atoms with Crippen LogP contribution in [0.25, 0.3) is 0 Å². The molecule has 2 aliphatic carbocycles. The summed E-state index contributed by atoms with van der Waals surface area (Å²) in [5, 5.41) is 27.4. The molecule has 4 N–H and O–H groups in total. The minimum atomic E-state index is -1.31. The Hall–Kier alpha value is -3.32. The van der Waals surface area contributed by atoms with Crippen LogP contribution in [-0.4, -0.2) is 65.2 Å². The minimum absolute atomic E-state index is 0.0121. The Bertz CT molecular complexity index is 1380. The Labute approximate surface area is 254 Å². The molecule has 5 unspecified atom stereocenters. The minimum Gasteiger partial charge on any atom is -0.495 e. The van der Waals surface area contributed by atoms with Crippen LogP contribution in [0.1, 0.15) is 38.2 Å². The number of methoxy groups -OCH3 is 2. The van der Waals surface area contributed by atoms with Crippen LogP contribution in [0.15, 0.2) is 36.1 Å². The summed E-state index contributed by atoms with van der Waals surface area (Å²) in [5.41, 5.74) is 8.12. The smallest absolute Gasteiger partial charge is 0.237 e. The molecule has 226 valence electrons. The van der Waals surface area contributed by atoms with Gasteiger partial charge in [0.05, 0.1) is 32.4 Å². The first-order chi connectivity index (χ1) is 20.1. The van der Waals surface area contributed by atoms with E-state index in [9.17, 15) is 15.2 Å². The highest BCUT2D eigenvalue weighted by Crippen LogP contribution is 2.48. The van der Waals surface area contributed by atoms with Crippen LogP contribution < -0.4 is 30.3 Å². The molecule has 5 rings (SSSR count). The lowest BCUT2D eigenvalue weighted by atomic mass is 9.88. The Morgan fingerprint density at radius 3 is 2.55 bits per heavy atom. The maximum absolute atomic E-state index is 11.9. The van der Waals surface area contributed by atoms with Gasteiger partial charge in [-0.3, -0.25) is 10.1 Å². The van der Waals surface area contributed by atoms with Gasteiger partial charge in [0.25, 0.3) is 0 Å². The summed E-state index contributed by atoms with van der Waals surface area (Å²) in [6.45, 7) is 2.12. The van der Waals surface area contributed by atoms with Gasteiger partial charge < -0.3 is 35.4 Å². The summed E-state index contributed by atoms with van der Waals surface area (Å²) in [4.78, 5) is 24.1. The van der Waals surface area contributed by atoms with Crippen LogP contribution in [0.2, 0.25) is 10.0 Å². The van der Waals surface area contributed by atoms with Crippen molar-refractivity contribution in [3.05, 3.63) is 61.8 Å². The van der Waals surface area contributed by atoms with Crippen molar-refractivity contribution in [2.45, 2.75) is 63.6 Å². The first kappa shape index (κ1) is 30.1. The van der Waals surface area contributed by atoms with Crippen LogP contribution >= 0.6 is 23.2 Å². The van der Waals surface area contributed by atoms with Gasteiger partial charge >= 0.3 is 0 Å². The van der Waals surface area contributed by atoms with Gasteiger partial charge in [0.1, 0.15) is 27.4 Å². The van der Waals surface area contributed by atoms with Gasteiger partial charge in [-0.2, -0.15) is 4.98 Å². The topological polar surface area (TPSA) is 152 Å². The van der Waals surface area contributed by atoms with E-state index >= 15 is 0 Å². The largest absolute Gasteiger partial charge is 0.495 e. The number of hydrogen-bond acceptors (Lipinski definition) is 11. The average molecular weight is 621 g/mol. The Morgan fingerprint density at radius 2 is 1.90 bits per heavy atom. The molecule has 0 bridgehead atoms. The highest BCUT2D eigenvalue weighted by Gasteiger charge is 2.39. The van der Waals surface area contributed by atoms with Gasteiger partial charge in [-0.15, -0.1) is 0 Å². The molecule has 1 saturated carbocycles. The van der Waals surface area contributed by atoms with Crippen molar-refractivity contribution in [1.29, 1.82) is 0 Å². The Balaban J connectivity index is 1.57. The number of nitro groups is 1. The molecular formula is C28H35Cl2N7O5. The highest BCUT2D eigenvalue weighted by atomic mass is 35.5. The van der Waals surface area contributed by atoms with Crippen LogP contribution in [0.5, 0.6) is 11.5 Å². The van der Waals surface area contributed by atoms with E-state index in [1.165, 1.54) is 14.2 Å². The molecule has 14 heteroatoms. The summed E-state index contributed by atoms with van der Waals surface area (Å²) in [6, 6.07) is 0.710. The zero-order chi connectivity index (χ0) is 30.1. The fourth-order valence-corrected chi connectivity index (χ4v) is 6.55. The summed E-state index contributed by atoms with van der Waals surface area (Å²) in [6.07, 6.45) is 9.47. The molecule has 12 nitrogen and oxygen atoms in total. The number of ether oxygens (including phenoxy) is 2. The molecule has 2 heterocycles. The fraction of sp³-hybridized carbons (Fsp3) is 0.500. The number of nitrogens with zero attached hydrogens (tertiary/aromatic N) is 5. The number of halogens is 2. The van der Waals surface area contributed by atoms with Crippen LogP contribution in [0.3, 0.4) is 0 Å². The summed E-state index contributed by atoms with van der Waals surface area (Å²) < 4.78 is 10.9. The first-order valence-corrected chi connectivity index (χ1v) is 14.6. The maximum Gasteiger partial charge on any atom is 0.237 e. The van der Waals surface area contributed by atoms with Gasteiger partial charge in [-0.1, -0.05) is 55.1 Å². The van der Waals surface area contributed by atoms with Gasteiger partial charge in [-0.25, -0.2) is 4.98 Å². The van der Waals surface area contributed by atoms with E-state index in [1.807, 2.05) is 6.08 Å². The molecule has 0 radical (unpaired) electrons. The third-order valence-corrected chi connectivity index (χ3v) is 9.03. The van der Waals surface area contributed by atoms with Crippen molar-refractivity contribution in [1.82, 2.24) is 9.97 Å². The first-order valence-electron chi connectivity index (χ1n) is 13.8. The van der Waals surface area contributed by atoms with E-state index in [0.717, 1.165) is 31.3 Å². The SMILES string of the molecule is COc1cc(OC)c(Cl)c(N2Cc3cnc(NC4CCCCC4N)nc3N(CC3=CC=CC([N+](=O)[O-])C3C)C2O)c1Cl. The molecule has 0 spiro atoms. The zero-order valence-electron chi connectivity index (χ0n) is 23.7. The van der Waals surface area contributed by atoms with Gasteiger partial charge in [0.15, 0.2) is 0 Å². The van der Waals surface area contributed by atoms with Crippen LogP contribution in [-0.2, 0) is 6.54 Å². The van der Waals surface area contributed by atoms with E-state index in [0.29, 0.717) is 34.5 Å². The predicted octanol–water partition coefficient (Wildman–Crippen LogP) is 4.36. The Kier molecular flexibility index (Phi) is 8.97. The fourth-order valence-electron chi connectivity index (χ4n) is 5.83. The van der Waals surface area contributed by atoms with Crippen molar-refractivity contribution < 1.29 is 19.5 Å². The number of fused-ring (bicyclic) bond motifs is 1. The lowest BCUT2D eigenvalue weighted by Crippen LogP contribution is -2.54. The second kappa shape index (κ2) is 12.5. The van der Waals surface area contributed by atoms with Crippen LogP contribution in [0, 0.1) is 16.0 Å². The number of nitrogens with one attached hydrogen (secondary N) is 1. The summed E-state index contributed by atoms with van der Waals surface area (Å²) >= 11 is 13.5. The van der Waals surface area contributed by atoms with Crippen molar-refractivity contribution >= 4 is 40.7 Å². The number of anilines is 3. The molecule has 1 fully saturated rings. The zero-order valence-corrected chi connectivity index (χ0v) is 25.2. The molecule has 5 atom stereocenters. The third-order valence-electron chi connectivity index (χ3n) is 8.30. The number of aromatic nitrogens is 2. The molecule has 42 heavy (non-hydrogen) atoms. The number of hydrogen-bond donors (Lipinski definition) is 3. The second-order valence-electron chi connectivity index (χ2n) is 10.8.